The van der Waals surface area contributed by atoms with Crippen LogP contribution in [0, 0.1) is 22.7 Å². The van der Waals surface area contributed by atoms with Crippen LogP contribution in [0.2, 0.25) is 0 Å². The van der Waals surface area contributed by atoms with Crippen molar-refractivity contribution in [2.75, 3.05) is 16.8 Å². The molecule has 0 atom stereocenters. The van der Waals surface area contributed by atoms with Crippen molar-refractivity contribution in [1.82, 2.24) is 0 Å². The summed E-state index contributed by atoms with van der Waals surface area (Å²) < 4.78 is 0. The predicted molar refractivity (Wildman–Crippen MR) is 86.5 cm³/mol. The second kappa shape index (κ2) is 8.07. The highest BCUT2D eigenvalue weighted by Gasteiger charge is 2.21. The summed E-state index contributed by atoms with van der Waals surface area (Å²) in [6.45, 7) is 0. The molecule has 0 saturated carbocycles. The molecule has 0 aliphatic heterocycles. The van der Waals surface area contributed by atoms with Crippen LogP contribution in [-0.4, -0.2) is 17.4 Å². The minimum Gasteiger partial charge on any atom is -0.316 e. The zero-order valence-corrected chi connectivity index (χ0v) is 13.4. The van der Waals surface area contributed by atoms with Crippen LogP contribution in [0.3, 0.4) is 0 Å². The fourth-order valence-corrected chi connectivity index (χ4v) is 4.36. The van der Waals surface area contributed by atoms with Gasteiger partial charge in [0.1, 0.15) is 11.1 Å². The first kappa shape index (κ1) is 15.9. The number of amides is 1. The van der Waals surface area contributed by atoms with Gasteiger partial charge in [-0.3, -0.25) is 4.79 Å². The average molecular weight is 319 g/mol. The average Bonchev–Trinajstić information content (AvgIpc) is 2.84. The molecule has 0 saturated heterocycles. The second-order valence-corrected chi connectivity index (χ2v) is 7.10. The maximum absolute atomic E-state index is 11.9. The van der Waals surface area contributed by atoms with Crippen LogP contribution in [-0.2, 0) is 17.6 Å². The number of fused-ring (bicyclic) bond motifs is 1. The molecule has 1 heterocycles. The summed E-state index contributed by atoms with van der Waals surface area (Å²) in [6, 6.07) is 4.34. The van der Waals surface area contributed by atoms with Crippen LogP contribution in [0.5, 0.6) is 0 Å². The molecular weight excluding hydrogens is 302 g/mol. The minimum absolute atomic E-state index is 0.0629. The Morgan fingerprint density at radius 3 is 2.90 bits per heavy atom. The van der Waals surface area contributed by atoms with Gasteiger partial charge in [0.15, 0.2) is 0 Å². The van der Waals surface area contributed by atoms with Crippen molar-refractivity contribution >= 4 is 34.0 Å². The van der Waals surface area contributed by atoms with Crippen LogP contribution in [0.1, 0.15) is 41.7 Å². The SMILES string of the molecule is N#CCCCSCC(=O)Nc1sc2c(c1C#N)CCCC2. The Balaban J connectivity index is 1.91. The van der Waals surface area contributed by atoms with E-state index in [1.807, 2.05) is 0 Å². The van der Waals surface area contributed by atoms with Crippen molar-refractivity contribution in [3.8, 4) is 12.1 Å². The summed E-state index contributed by atoms with van der Waals surface area (Å²) in [7, 11) is 0. The van der Waals surface area contributed by atoms with Gasteiger partial charge in [-0.05, 0) is 43.4 Å². The fraction of sp³-hybridized carbons (Fsp3) is 0.533. The Kier molecular flexibility index (Phi) is 6.10. The monoisotopic (exact) mass is 319 g/mol. The van der Waals surface area contributed by atoms with Crippen molar-refractivity contribution in [2.45, 2.75) is 38.5 Å². The Morgan fingerprint density at radius 2 is 2.14 bits per heavy atom. The van der Waals surface area contributed by atoms with E-state index in [1.54, 1.807) is 11.3 Å². The number of carbonyl (C=O) groups is 1. The van der Waals surface area contributed by atoms with Crippen LogP contribution < -0.4 is 5.32 Å². The first-order valence-electron chi connectivity index (χ1n) is 7.05. The van der Waals surface area contributed by atoms with Gasteiger partial charge in [-0.2, -0.15) is 22.3 Å². The highest BCUT2D eigenvalue weighted by atomic mass is 32.2. The van der Waals surface area contributed by atoms with E-state index in [0.29, 0.717) is 22.7 Å². The molecule has 0 radical (unpaired) electrons. The third-order valence-corrected chi connectivity index (χ3v) is 5.60. The number of rotatable bonds is 6. The van der Waals surface area contributed by atoms with Gasteiger partial charge in [-0.15, -0.1) is 11.3 Å². The molecule has 1 aliphatic rings. The lowest BCUT2D eigenvalue weighted by Gasteiger charge is -2.09. The standard InChI is InChI=1S/C15H17N3OS2/c16-7-3-4-8-20-10-14(19)18-15-12(9-17)11-5-1-2-6-13(11)21-15/h1-6,8,10H2,(H,18,19). The molecule has 0 fully saturated rings. The smallest absolute Gasteiger partial charge is 0.235 e. The van der Waals surface area contributed by atoms with E-state index in [9.17, 15) is 10.1 Å². The van der Waals surface area contributed by atoms with Crippen LogP contribution in [0.4, 0.5) is 5.00 Å². The van der Waals surface area contributed by atoms with Gasteiger partial charge < -0.3 is 5.32 Å². The number of nitrogens with zero attached hydrogens (tertiary/aromatic N) is 2. The first-order valence-corrected chi connectivity index (χ1v) is 9.02. The van der Waals surface area contributed by atoms with E-state index in [0.717, 1.165) is 37.0 Å². The Labute approximate surface area is 133 Å². The molecule has 110 valence electrons. The molecule has 4 nitrogen and oxygen atoms in total. The van der Waals surface area contributed by atoms with Crippen LogP contribution in [0.15, 0.2) is 0 Å². The molecule has 21 heavy (non-hydrogen) atoms. The molecule has 0 spiro atoms. The number of thioether (sulfide) groups is 1. The molecule has 1 aromatic rings. The summed E-state index contributed by atoms with van der Waals surface area (Å²) >= 11 is 3.08. The lowest BCUT2D eigenvalue weighted by atomic mass is 9.96. The minimum atomic E-state index is -0.0629. The van der Waals surface area contributed by atoms with E-state index in [1.165, 1.54) is 23.1 Å². The predicted octanol–water partition coefficient (Wildman–Crippen LogP) is 3.47. The van der Waals surface area contributed by atoms with Gasteiger partial charge in [0.25, 0.3) is 0 Å². The van der Waals surface area contributed by atoms with Gasteiger partial charge in [0, 0.05) is 11.3 Å². The number of hydrogen-bond acceptors (Lipinski definition) is 5. The van der Waals surface area contributed by atoms with E-state index in [4.69, 9.17) is 5.26 Å². The van der Waals surface area contributed by atoms with Crippen molar-refractivity contribution in [3.63, 3.8) is 0 Å². The molecule has 1 amide bonds. The third kappa shape index (κ3) is 4.23. The molecular formula is C15H17N3OS2. The van der Waals surface area contributed by atoms with Gasteiger partial charge in [-0.25, -0.2) is 0 Å². The van der Waals surface area contributed by atoms with Crippen molar-refractivity contribution in [2.24, 2.45) is 0 Å². The number of carbonyl (C=O) groups excluding carboxylic acids is 1. The number of thiophene rings is 1. The van der Waals surface area contributed by atoms with Crippen LogP contribution in [0.25, 0.3) is 0 Å². The summed E-state index contributed by atoms with van der Waals surface area (Å²) in [6.07, 6.45) is 5.61. The largest absolute Gasteiger partial charge is 0.316 e. The molecule has 1 aliphatic carbocycles. The van der Waals surface area contributed by atoms with E-state index in [2.05, 4.69) is 17.5 Å². The Morgan fingerprint density at radius 1 is 1.33 bits per heavy atom. The second-order valence-electron chi connectivity index (χ2n) is 4.89. The van der Waals surface area contributed by atoms with Crippen molar-refractivity contribution in [1.29, 1.82) is 10.5 Å². The van der Waals surface area contributed by atoms with E-state index < -0.39 is 0 Å². The number of nitriles is 2. The molecule has 0 unspecified atom stereocenters. The summed E-state index contributed by atoms with van der Waals surface area (Å²) in [5.74, 6) is 1.12. The fourth-order valence-electron chi connectivity index (χ4n) is 2.35. The number of nitrogens with one attached hydrogen (secondary N) is 1. The zero-order valence-electron chi connectivity index (χ0n) is 11.8. The van der Waals surface area contributed by atoms with Crippen molar-refractivity contribution in [3.05, 3.63) is 16.0 Å². The molecule has 1 N–H and O–H groups in total. The van der Waals surface area contributed by atoms with E-state index >= 15 is 0 Å². The molecule has 0 aromatic carbocycles. The topological polar surface area (TPSA) is 76.7 Å². The van der Waals surface area contributed by atoms with Crippen molar-refractivity contribution < 1.29 is 4.79 Å². The lowest BCUT2D eigenvalue weighted by Crippen LogP contribution is -2.14. The maximum Gasteiger partial charge on any atom is 0.235 e. The summed E-state index contributed by atoms with van der Waals surface area (Å²) in [5, 5.41) is 21.4. The number of aryl methyl sites for hydroxylation is 1. The maximum atomic E-state index is 11.9. The quantitative estimate of drug-likeness (QED) is 0.814. The van der Waals surface area contributed by atoms with Crippen LogP contribution >= 0.6 is 23.1 Å². The lowest BCUT2D eigenvalue weighted by molar-refractivity contribution is -0.113. The van der Waals surface area contributed by atoms with Gasteiger partial charge >= 0.3 is 0 Å². The number of unbranched alkanes of at least 4 members (excludes halogenated alkanes) is 1. The van der Waals surface area contributed by atoms with Gasteiger partial charge in [0.05, 0.1) is 17.4 Å². The third-order valence-electron chi connectivity index (χ3n) is 3.35. The molecule has 2 rings (SSSR count). The zero-order chi connectivity index (χ0) is 15.1. The van der Waals surface area contributed by atoms with E-state index in [-0.39, 0.29) is 5.91 Å². The highest BCUT2D eigenvalue weighted by molar-refractivity contribution is 7.99. The highest BCUT2D eigenvalue weighted by Crippen LogP contribution is 2.37. The molecule has 1 aromatic heterocycles. The summed E-state index contributed by atoms with van der Waals surface area (Å²) in [5.41, 5.74) is 1.81. The normalized spacial score (nSPS) is 13.0. The molecule has 0 bridgehead atoms. The van der Waals surface area contributed by atoms with Gasteiger partial charge in [-0.1, -0.05) is 0 Å². The summed E-state index contributed by atoms with van der Waals surface area (Å²) in [4.78, 5) is 13.2. The molecule has 6 heteroatoms. The Hall–Kier alpha value is -1.50. The number of anilines is 1. The number of hydrogen-bond donors (Lipinski definition) is 1. The Bertz CT molecular complexity index is 595. The first-order chi connectivity index (χ1) is 10.3. The van der Waals surface area contributed by atoms with Gasteiger partial charge in [0.2, 0.25) is 5.91 Å².